The van der Waals surface area contributed by atoms with E-state index in [1.54, 1.807) is 58.9 Å². The molecule has 6 aromatic rings. The van der Waals surface area contributed by atoms with Crippen molar-refractivity contribution in [3.05, 3.63) is 139 Å². The van der Waals surface area contributed by atoms with Crippen molar-refractivity contribution in [2.45, 2.75) is 105 Å². The zero-order valence-corrected chi connectivity index (χ0v) is 52.7. The molecule has 3 aromatic carbocycles. The molecule has 6 rings (SSSR count). The summed E-state index contributed by atoms with van der Waals surface area (Å²) in [6.07, 6.45) is 3.31. The first-order valence-corrected chi connectivity index (χ1v) is 30.2. The molecule has 1 atom stereocenters. The Morgan fingerprint density at radius 1 is 0.581 bits per heavy atom. The Morgan fingerprint density at radius 2 is 1.16 bits per heavy atom. The summed E-state index contributed by atoms with van der Waals surface area (Å²) in [5.74, 6) is -3.47. The van der Waals surface area contributed by atoms with Crippen LogP contribution in [0.5, 0.6) is 0 Å². The van der Waals surface area contributed by atoms with Crippen LogP contribution < -0.4 is 36.5 Å². The predicted octanol–water partition coefficient (Wildman–Crippen LogP) is 4.39. The molecule has 3 aromatic heterocycles. The summed E-state index contributed by atoms with van der Waals surface area (Å²) in [6, 6.07) is 27.9. The molecule has 0 fully saturated rings. The number of fused-ring (bicyclic) bond motifs is 1. The summed E-state index contributed by atoms with van der Waals surface area (Å²) >= 11 is 0. The van der Waals surface area contributed by atoms with E-state index in [1.807, 2.05) is 66.7 Å². The number of nitrogens with zero attached hydrogens (tertiary/aromatic N) is 9. The second kappa shape index (κ2) is 37.4. The average Bonchev–Trinajstić information content (AvgIpc) is 1.97. The molecule has 0 aliphatic rings. The lowest BCUT2D eigenvalue weighted by Gasteiger charge is -2.29. The van der Waals surface area contributed by atoms with Gasteiger partial charge in [0.05, 0.1) is 32.2 Å². The monoisotopic (exact) mass is 1290 g/mol. The number of alkyl carbamates (subject to hydrolysis) is 2. The molecule has 30 heteroatoms. The minimum absolute atomic E-state index is 0.00296. The number of anilines is 2. The zero-order valence-electron chi connectivity index (χ0n) is 52.7. The second-order valence-corrected chi connectivity index (χ2v) is 21.8. The van der Waals surface area contributed by atoms with Gasteiger partial charge in [0.2, 0.25) is 23.6 Å². The fourth-order valence-corrected chi connectivity index (χ4v) is 8.85. The number of carbonyl (C=O) groups excluding carboxylic acids is 10. The van der Waals surface area contributed by atoms with Crippen LogP contribution >= 0.6 is 0 Å². The van der Waals surface area contributed by atoms with Gasteiger partial charge in [-0.1, -0.05) is 97.9 Å². The number of amides is 9. The molecule has 93 heavy (non-hydrogen) atoms. The first-order chi connectivity index (χ1) is 44.7. The van der Waals surface area contributed by atoms with Crippen molar-refractivity contribution in [2.24, 2.45) is 0 Å². The van der Waals surface area contributed by atoms with Gasteiger partial charge >= 0.3 is 30.3 Å². The van der Waals surface area contributed by atoms with Crippen LogP contribution in [0.3, 0.4) is 0 Å². The Hall–Kier alpha value is -10.8. The van der Waals surface area contributed by atoms with Crippen LogP contribution in [0.2, 0.25) is 0 Å². The number of esters is 1. The molecule has 0 saturated carbocycles. The zero-order chi connectivity index (χ0) is 67.0. The fraction of sp³-hybridized carbons (Fsp3) is 0.413. The quantitative estimate of drug-likeness (QED) is 0.0141. The second-order valence-electron chi connectivity index (χ2n) is 21.8. The van der Waals surface area contributed by atoms with Crippen molar-refractivity contribution in [3.63, 3.8) is 0 Å². The molecule has 6 N–H and O–H groups in total. The number of benzene rings is 3. The third kappa shape index (κ3) is 26.3. The van der Waals surface area contributed by atoms with Crippen molar-refractivity contribution in [2.75, 3.05) is 76.1 Å². The highest BCUT2D eigenvalue weighted by molar-refractivity contribution is 5.94. The lowest BCUT2D eigenvalue weighted by molar-refractivity contribution is -0.687. The molecular weight excluding hydrogens is 1210 g/mol. The van der Waals surface area contributed by atoms with Gasteiger partial charge in [0.25, 0.3) is 18.1 Å². The van der Waals surface area contributed by atoms with Crippen molar-refractivity contribution in [3.8, 4) is 0 Å². The van der Waals surface area contributed by atoms with Crippen molar-refractivity contribution in [1.82, 2.24) is 60.5 Å². The standard InChI is InChI=1S/C63H79N15O15/c1-6-52(81)77(34-50(79)64-28-31-76(38-55(84)89-7-2)54(83)37-78-44-70-56-57(67-42-68-58(56)78)73-62(88)92-41-47-23-15-10-16-24-47)33-48(25-17-18-27-65-59(85)90-39-45-19-11-8-12-20-45)71-51(80)35-75(32-29-66-60(86)93-63(3,4)5)53(82)36-74-30-26-49(69-43-74)72-61(87)91-40-46-21-13-9-14-22-46/h8-16,19-24,26,30,42-44,48H,6-7,17-18,25,27-29,31-41H2,1-5H3,(H5,64,65,66,67,68,71,73,79,80,85,86,88)/p+1. The number of rotatable bonds is 34. The van der Waals surface area contributed by atoms with Crippen LogP contribution in [0, 0.1) is 0 Å². The summed E-state index contributed by atoms with van der Waals surface area (Å²) in [7, 11) is 0. The Bertz CT molecular complexity index is 3430. The highest BCUT2D eigenvalue weighted by Crippen LogP contribution is 2.19. The van der Waals surface area contributed by atoms with E-state index in [0.717, 1.165) is 16.7 Å². The normalized spacial score (nSPS) is 11.2. The third-order valence-corrected chi connectivity index (χ3v) is 13.3. The van der Waals surface area contributed by atoms with Crippen molar-refractivity contribution >= 4 is 82.7 Å². The lowest BCUT2D eigenvalue weighted by atomic mass is 10.1. The van der Waals surface area contributed by atoms with Crippen LogP contribution in [0.4, 0.5) is 30.8 Å². The fourth-order valence-electron chi connectivity index (χ4n) is 8.85. The van der Waals surface area contributed by atoms with E-state index >= 15 is 0 Å². The lowest BCUT2D eigenvalue weighted by Crippen LogP contribution is -2.53. The number of aromatic nitrogens is 6. The smallest absolute Gasteiger partial charge is 0.414 e. The molecule has 0 bridgehead atoms. The van der Waals surface area contributed by atoms with E-state index in [9.17, 15) is 47.9 Å². The summed E-state index contributed by atoms with van der Waals surface area (Å²) < 4.78 is 29.3. The number of unbranched alkanes of at least 4 members (excludes halogenated alkanes) is 1. The molecule has 9 amide bonds. The summed E-state index contributed by atoms with van der Waals surface area (Å²) in [4.78, 5) is 154. The van der Waals surface area contributed by atoms with E-state index < -0.39 is 91.2 Å². The molecule has 3 heterocycles. The van der Waals surface area contributed by atoms with E-state index in [0.29, 0.717) is 12.8 Å². The SMILES string of the molecule is CCOC(=O)CN(CCNC(=O)CN(CC(CCCCNC(=O)OCc1ccccc1)NC(=O)CN(CCNC(=O)OC(C)(C)C)C(=O)C[n+]1ccc(NC(=O)OCc2ccccc2)nc1)C(=O)CC)C(=O)Cn1cnc2c(NC(=O)OCc3ccccc3)ncnc21. The van der Waals surface area contributed by atoms with E-state index in [1.165, 1.54) is 55.1 Å². The van der Waals surface area contributed by atoms with Crippen molar-refractivity contribution in [1.29, 1.82) is 0 Å². The van der Waals surface area contributed by atoms with Gasteiger partial charge in [-0.25, -0.2) is 38.7 Å². The van der Waals surface area contributed by atoms with E-state index in [2.05, 4.69) is 51.8 Å². The van der Waals surface area contributed by atoms with Crippen LogP contribution in [0.15, 0.2) is 122 Å². The summed E-state index contributed by atoms with van der Waals surface area (Å²) in [5, 5.41) is 16.0. The van der Waals surface area contributed by atoms with Crippen molar-refractivity contribution < 1.29 is 76.2 Å². The maximum absolute atomic E-state index is 14.2. The van der Waals surface area contributed by atoms with Gasteiger partial charge in [-0.3, -0.25) is 39.4 Å². The number of nitrogens with one attached hydrogen (secondary N) is 6. The van der Waals surface area contributed by atoms with Crippen LogP contribution in [0.25, 0.3) is 11.2 Å². The molecule has 1 unspecified atom stereocenters. The summed E-state index contributed by atoms with van der Waals surface area (Å²) in [6.45, 7) is 5.52. The Labute approximate surface area is 537 Å². The number of carbonyl (C=O) groups is 10. The molecule has 0 saturated heterocycles. The first kappa shape index (κ1) is 71.3. The minimum atomic E-state index is -0.830. The molecule has 496 valence electrons. The summed E-state index contributed by atoms with van der Waals surface area (Å²) in [5.41, 5.74) is 1.85. The first-order valence-electron chi connectivity index (χ1n) is 30.2. The molecule has 0 spiro atoms. The van der Waals surface area contributed by atoms with Gasteiger partial charge in [0, 0.05) is 57.8 Å². The minimum Gasteiger partial charge on any atom is -0.465 e. The van der Waals surface area contributed by atoms with E-state index in [-0.39, 0.29) is 114 Å². The molecule has 0 radical (unpaired) electrons. The third-order valence-electron chi connectivity index (χ3n) is 13.3. The van der Waals surface area contributed by atoms with Gasteiger partial charge in [-0.05, 0) is 68.6 Å². The Kier molecular flexibility index (Phi) is 28.6. The maximum atomic E-state index is 14.2. The average molecular weight is 1290 g/mol. The number of hydrogen-bond acceptors (Lipinski definition) is 19. The van der Waals surface area contributed by atoms with Crippen LogP contribution in [-0.2, 0) is 85.4 Å². The van der Waals surface area contributed by atoms with Gasteiger partial charge in [0.1, 0.15) is 44.8 Å². The van der Waals surface area contributed by atoms with Gasteiger partial charge in [-0.2, -0.15) is 0 Å². The maximum Gasteiger partial charge on any atom is 0.414 e. The Balaban J connectivity index is 1.11. The van der Waals surface area contributed by atoms with Gasteiger partial charge in [-0.15, -0.1) is 0 Å². The van der Waals surface area contributed by atoms with Gasteiger partial charge in [0.15, 0.2) is 23.5 Å². The Morgan fingerprint density at radius 3 is 1.75 bits per heavy atom. The molecule has 30 nitrogen and oxygen atoms in total. The highest BCUT2D eigenvalue weighted by Gasteiger charge is 2.27. The topological polar surface area (TPSA) is 359 Å². The molecular formula is C63H80N15O15+. The predicted molar refractivity (Wildman–Crippen MR) is 335 cm³/mol. The number of ether oxygens (including phenoxy) is 5. The molecule has 0 aliphatic carbocycles. The van der Waals surface area contributed by atoms with Gasteiger partial charge < -0.3 is 64.2 Å². The van der Waals surface area contributed by atoms with Crippen LogP contribution in [0.1, 0.15) is 77.0 Å². The number of hydrogen-bond donors (Lipinski definition) is 6. The largest absolute Gasteiger partial charge is 0.465 e. The number of imidazole rings is 1. The highest BCUT2D eigenvalue weighted by atomic mass is 16.6. The van der Waals surface area contributed by atoms with E-state index in [4.69, 9.17) is 23.7 Å². The van der Waals surface area contributed by atoms with Crippen LogP contribution in [-0.4, -0.2) is 176 Å². The molecule has 0 aliphatic heterocycles.